The first kappa shape index (κ1) is 11.0. The summed E-state index contributed by atoms with van der Waals surface area (Å²) in [4.78, 5) is 0. The Bertz CT molecular complexity index is 112. The lowest BCUT2D eigenvalue weighted by atomic mass is 9.96. The van der Waals surface area contributed by atoms with Crippen molar-refractivity contribution in [1.29, 1.82) is 0 Å². The molecule has 0 unspecified atom stereocenters. The van der Waals surface area contributed by atoms with Crippen LogP contribution in [0.3, 0.4) is 0 Å². The van der Waals surface area contributed by atoms with Crippen molar-refractivity contribution < 1.29 is 4.48 Å². The van der Waals surface area contributed by atoms with E-state index in [0.717, 1.165) is 0 Å². The maximum absolute atomic E-state index is 2.36. The van der Waals surface area contributed by atoms with Crippen LogP contribution in [0.2, 0.25) is 0 Å². The first-order valence-electron chi connectivity index (χ1n) is 4.78. The summed E-state index contributed by atoms with van der Waals surface area (Å²) < 4.78 is 1.18. The Labute approximate surface area is 72.0 Å². The SMILES string of the molecule is CCC(C)(C)[N+](C)(CC)CC. The van der Waals surface area contributed by atoms with Gasteiger partial charge in [0, 0.05) is 0 Å². The van der Waals surface area contributed by atoms with Crippen molar-refractivity contribution in [2.24, 2.45) is 0 Å². The quantitative estimate of drug-likeness (QED) is 0.552. The molecule has 0 aromatic rings. The molecule has 0 aromatic heterocycles. The molecule has 0 aromatic carbocycles. The topological polar surface area (TPSA) is 0 Å². The Hall–Kier alpha value is -0.0400. The Balaban J connectivity index is 4.47. The lowest BCUT2D eigenvalue weighted by Crippen LogP contribution is -2.58. The maximum Gasteiger partial charge on any atom is 0.0930 e. The largest absolute Gasteiger partial charge is 0.322 e. The molecule has 11 heavy (non-hydrogen) atoms. The summed E-state index contributed by atoms with van der Waals surface area (Å²) >= 11 is 0. The molecular formula is C10H24N+. The van der Waals surface area contributed by atoms with E-state index in [1.807, 2.05) is 0 Å². The van der Waals surface area contributed by atoms with E-state index in [0.29, 0.717) is 5.54 Å². The second-order valence-electron chi connectivity index (χ2n) is 4.19. The van der Waals surface area contributed by atoms with Crippen LogP contribution in [0.25, 0.3) is 0 Å². The fraction of sp³-hybridized carbons (Fsp3) is 1.00. The van der Waals surface area contributed by atoms with E-state index in [-0.39, 0.29) is 0 Å². The first-order valence-corrected chi connectivity index (χ1v) is 4.78. The summed E-state index contributed by atoms with van der Waals surface area (Å²) in [6.45, 7) is 14.0. The smallest absolute Gasteiger partial charge is 0.0930 e. The minimum Gasteiger partial charge on any atom is -0.322 e. The summed E-state index contributed by atoms with van der Waals surface area (Å²) in [6.07, 6.45) is 1.26. The lowest BCUT2D eigenvalue weighted by molar-refractivity contribution is -0.952. The van der Waals surface area contributed by atoms with Gasteiger partial charge in [-0.25, -0.2) is 0 Å². The van der Waals surface area contributed by atoms with Gasteiger partial charge in [-0.2, -0.15) is 0 Å². The van der Waals surface area contributed by atoms with Gasteiger partial charge in [-0.15, -0.1) is 0 Å². The molecule has 0 fully saturated rings. The molecule has 0 aliphatic carbocycles. The zero-order valence-electron chi connectivity index (χ0n) is 9.07. The molecule has 1 nitrogen and oxygen atoms in total. The van der Waals surface area contributed by atoms with E-state index >= 15 is 0 Å². The van der Waals surface area contributed by atoms with E-state index in [1.165, 1.54) is 24.0 Å². The molecule has 0 rings (SSSR count). The number of hydrogen-bond acceptors (Lipinski definition) is 0. The van der Waals surface area contributed by atoms with Gasteiger partial charge in [0.15, 0.2) is 0 Å². The highest BCUT2D eigenvalue weighted by molar-refractivity contribution is 4.66. The number of quaternary nitrogens is 1. The highest BCUT2D eigenvalue weighted by Gasteiger charge is 2.35. The average molecular weight is 158 g/mol. The third kappa shape index (κ3) is 1.96. The third-order valence-corrected chi connectivity index (χ3v) is 3.72. The second-order valence-corrected chi connectivity index (χ2v) is 4.19. The van der Waals surface area contributed by atoms with Crippen molar-refractivity contribution in [3.63, 3.8) is 0 Å². The minimum atomic E-state index is 0.434. The van der Waals surface area contributed by atoms with E-state index in [2.05, 4.69) is 41.7 Å². The molecule has 1 heteroatoms. The Morgan fingerprint density at radius 1 is 1.00 bits per heavy atom. The molecule has 0 N–H and O–H groups in total. The lowest BCUT2D eigenvalue weighted by Gasteiger charge is -2.46. The van der Waals surface area contributed by atoms with Crippen LogP contribution in [0.5, 0.6) is 0 Å². The number of hydrogen-bond donors (Lipinski definition) is 0. The fourth-order valence-corrected chi connectivity index (χ4v) is 1.46. The van der Waals surface area contributed by atoms with Gasteiger partial charge in [0.25, 0.3) is 0 Å². The predicted octanol–water partition coefficient (Wildman–Crippen LogP) is 2.66. The van der Waals surface area contributed by atoms with Gasteiger partial charge in [-0.05, 0) is 34.1 Å². The summed E-state index contributed by atoms with van der Waals surface area (Å²) in [5, 5.41) is 0. The van der Waals surface area contributed by atoms with Crippen LogP contribution in [0.1, 0.15) is 41.0 Å². The molecule has 0 amide bonds. The standard InChI is InChI=1S/C10H24N/c1-7-10(4,5)11(6,8-2)9-3/h7-9H2,1-6H3/q+1. The molecule has 0 saturated carbocycles. The Kier molecular flexibility index (Phi) is 3.56. The van der Waals surface area contributed by atoms with Gasteiger partial charge in [0.05, 0.1) is 25.7 Å². The second kappa shape index (κ2) is 3.57. The first-order chi connectivity index (χ1) is 4.93. The van der Waals surface area contributed by atoms with Crippen LogP contribution in [-0.4, -0.2) is 30.2 Å². The number of rotatable bonds is 4. The average Bonchev–Trinajstić information content (AvgIpc) is 2.02. The van der Waals surface area contributed by atoms with E-state index in [9.17, 15) is 0 Å². The summed E-state index contributed by atoms with van der Waals surface area (Å²) in [6, 6.07) is 0. The zero-order valence-corrected chi connectivity index (χ0v) is 9.07. The molecular weight excluding hydrogens is 134 g/mol. The molecule has 0 atom stereocenters. The molecule has 0 saturated heterocycles. The molecule has 0 aliphatic rings. The fourth-order valence-electron chi connectivity index (χ4n) is 1.46. The molecule has 68 valence electrons. The van der Waals surface area contributed by atoms with E-state index < -0.39 is 0 Å². The summed E-state index contributed by atoms with van der Waals surface area (Å²) in [7, 11) is 2.35. The van der Waals surface area contributed by atoms with Gasteiger partial charge >= 0.3 is 0 Å². The predicted molar refractivity (Wildman–Crippen MR) is 51.6 cm³/mol. The van der Waals surface area contributed by atoms with Crippen LogP contribution in [0.15, 0.2) is 0 Å². The summed E-state index contributed by atoms with van der Waals surface area (Å²) in [5.74, 6) is 0. The van der Waals surface area contributed by atoms with Gasteiger partial charge in [0.1, 0.15) is 0 Å². The summed E-state index contributed by atoms with van der Waals surface area (Å²) in [5.41, 5.74) is 0.434. The highest BCUT2D eigenvalue weighted by atomic mass is 15.4. The van der Waals surface area contributed by atoms with Gasteiger partial charge in [0.2, 0.25) is 0 Å². The van der Waals surface area contributed by atoms with Gasteiger partial charge in [-0.3, -0.25) is 0 Å². The normalized spacial score (nSPS) is 13.6. The highest BCUT2D eigenvalue weighted by Crippen LogP contribution is 2.24. The van der Waals surface area contributed by atoms with Crippen molar-refractivity contribution >= 4 is 0 Å². The third-order valence-electron chi connectivity index (χ3n) is 3.72. The Morgan fingerprint density at radius 3 is 1.45 bits per heavy atom. The maximum atomic E-state index is 2.36. The molecule has 0 bridgehead atoms. The van der Waals surface area contributed by atoms with Crippen LogP contribution in [-0.2, 0) is 0 Å². The van der Waals surface area contributed by atoms with Crippen molar-refractivity contribution in [2.75, 3.05) is 20.1 Å². The van der Waals surface area contributed by atoms with Gasteiger partial charge in [-0.1, -0.05) is 6.92 Å². The van der Waals surface area contributed by atoms with Crippen molar-refractivity contribution in [2.45, 2.75) is 46.6 Å². The monoisotopic (exact) mass is 158 g/mol. The van der Waals surface area contributed by atoms with Crippen LogP contribution in [0.4, 0.5) is 0 Å². The van der Waals surface area contributed by atoms with E-state index in [4.69, 9.17) is 0 Å². The number of nitrogens with zero attached hydrogens (tertiary/aromatic N) is 1. The molecule has 0 heterocycles. The van der Waals surface area contributed by atoms with E-state index in [1.54, 1.807) is 0 Å². The minimum absolute atomic E-state index is 0.434. The molecule has 0 aliphatic heterocycles. The van der Waals surface area contributed by atoms with Crippen molar-refractivity contribution in [3.8, 4) is 0 Å². The van der Waals surface area contributed by atoms with Crippen molar-refractivity contribution in [1.82, 2.24) is 0 Å². The Morgan fingerprint density at radius 2 is 1.36 bits per heavy atom. The van der Waals surface area contributed by atoms with Crippen LogP contribution < -0.4 is 0 Å². The zero-order chi connectivity index (χ0) is 9.12. The van der Waals surface area contributed by atoms with Crippen LogP contribution >= 0.6 is 0 Å². The van der Waals surface area contributed by atoms with Crippen molar-refractivity contribution in [3.05, 3.63) is 0 Å². The van der Waals surface area contributed by atoms with Gasteiger partial charge < -0.3 is 4.48 Å². The molecule has 0 spiro atoms. The van der Waals surface area contributed by atoms with Crippen LogP contribution in [0, 0.1) is 0 Å². The molecule has 0 radical (unpaired) electrons.